The Balaban J connectivity index is 4.30. The van der Waals surface area contributed by atoms with Gasteiger partial charge in [-0.1, -0.05) is 71.0 Å². The van der Waals surface area contributed by atoms with Crippen LogP contribution in [0, 0.1) is 0 Å². The Hall–Kier alpha value is -0.600. The third-order valence-corrected chi connectivity index (χ3v) is 4.32. The maximum Gasteiger partial charge on any atom is 0.0182 e. The van der Waals surface area contributed by atoms with Crippen molar-refractivity contribution in [2.45, 2.75) is 34.1 Å². The van der Waals surface area contributed by atoms with E-state index in [9.17, 15) is 0 Å². The van der Waals surface area contributed by atoms with Crippen molar-refractivity contribution in [2.75, 3.05) is 0 Å². The summed E-state index contributed by atoms with van der Waals surface area (Å²) in [6.45, 7) is 8.36. The Morgan fingerprint density at radius 3 is 2.35 bits per heavy atom. The Morgan fingerprint density at radius 2 is 1.76 bits per heavy atom. The molecule has 0 aliphatic heterocycles. The highest BCUT2D eigenvalue weighted by Gasteiger charge is 1.94. The summed E-state index contributed by atoms with van der Waals surface area (Å²) in [4.78, 5) is 2.58. The number of allylic oxidation sites excluding steroid dienone is 9. The summed E-state index contributed by atoms with van der Waals surface area (Å²) >= 11 is 0. The van der Waals surface area contributed by atoms with E-state index >= 15 is 0 Å². The summed E-state index contributed by atoms with van der Waals surface area (Å²) in [5.41, 5.74) is 0. The van der Waals surface area contributed by atoms with Gasteiger partial charge in [-0.2, -0.15) is 0 Å². The van der Waals surface area contributed by atoms with Crippen LogP contribution in [-0.4, -0.2) is 0 Å². The van der Waals surface area contributed by atoms with Gasteiger partial charge >= 0.3 is 0 Å². The van der Waals surface area contributed by atoms with Crippen molar-refractivity contribution in [3.8, 4) is 0 Å². The van der Waals surface area contributed by atoms with Crippen molar-refractivity contribution in [3.63, 3.8) is 0 Å². The molecule has 0 unspecified atom stereocenters. The SMILES string of the molecule is C\C=C/C=C(\C=C/C)SS/C(C)=C/C=C\CC. The van der Waals surface area contributed by atoms with Crippen LogP contribution in [0.3, 0.4) is 0 Å². The zero-order chi connectivity index (χ0) is 12.9. The lowest BCUT2D eigenvalue weighted by Gasteiger charge is -2.00. The average Bonchev–Trinajstić information content (AvgIpc) is 2.33. The van der Waals surface area contributed by atoms with E-state index in [-0.39, 0.29) is 0 Å². The maximum atomic E-state index is 2.16. The second kappa shape index (κ2) is 11.9. The van der Waals surface area contributed by atoms with Crippen molar-refractivity contribution in [1.82, 2.24) is 0 Å². The summed E-state index contributed by atoms with van der Waals surface area (Å²) in [5.74, 6) is 0. The summed E-state index contributed by atoms with van der Waals surface area (Å²) in [6, 6.07) is 0. The molecule has 0 nitrogen and oxygen atoms in total. The molecule has 0 heterocycles. The molecule has 0 aromatic carbocycles. The van der Waals surface area contributed by atoms with Crippen LogP contribution in [0.15, 0.2) is 58.4 Å². The van der Waals surface area contributed by atoms with Crippen LogP contribution < -0.4 is 0 Å². The third-order valence-electron chi connectivity index (χ3n) is 1.76. The number of hydrogen-bond donors (Lipinski definition) is 0. The summed E-state index contributed by atoms with van der Waals surface area (Å²) in [5, 5.41) is 0. The Morgan fingerprint density at radius 1 is 1.00 bits per heavy atom. The van der Waals surface area contributed by atoms with E-state index in [4.69, 9.17) is 0 Å². The van der Waals surface area contributed by atoms with Crippen LogP contribution in [0.4, 0.5) is 0 Å². The van der Waals surface area contributed by atoms with Gasteiger partial charge in [0, 0.05) is 4.91 Å². The first kappa shape index (κ1) is 16.4. The molecule has 0 rings (SSSR count). The van der Waals surface area contributed by atoms with Crippen molar-refractivity contribution < 1.29 is 0 Å². The fourth-order valence-electron chi connectivity index (χ4n) is 0.948. The molecule has 0 atom stereocenters. The highest BCUT2D eigenvalue weighted by atomic mass is 33.1. The monoisotopic (exact) mass is 266 g/mol. The van der Waals surface area contributed by atoms with Gasteiger partial charge in [0.2, 0.25) is 0 Å². The Labute approximate surface area is 114 Å². The zero-order valence-corrected chi connectivity index (χ0v) is 12.8. The highest BCUT2D eigenvalue weighted by molar-refractivity contribution is 8.79. The third kappa shape index (κ3) is 10.3. The molecule has 0 aromatic heterocycles. The lowest BCUT2D eigenvalue weighted by Crippen LogP contribution is -1.68. The normalized spacial score (nSPS) is 14.6. The van der Waals surface area contributed by atoms with Gasteiger partial charge < -0.3 is 0 Å². The van der Waals surface area contributed by atoms with E-state index in [0.29, 0.717) is 0 Å². The predicted octanol–water partition coefficient (Wildman–Crippen LogP) is 6.27. The molecule has 0 bridgehead atoms. The maximum absolute atomic E-state index is 2.16. The molecular formula is C15H22S2. The van der Waals surface area contributed by atoms with E-state index in [2.05, 4.69) is 56.4 Å². The molecule has 17 heavy (non-hydrogen) atoms. The van der Waals surface area contributed by atoms with Crippen LogP contribution in [-0.2, 0) is 0 Å². The lowest BCUT2D eigenvalue weighted by molar-refractivity contribution is 1.22. The van der Waals surface area contributed by atoms with Gasteiger partial charge in [-0.25, -0.2) is 0 Å². The summed E-state index contributed by atoms with van der Waals surface area (Å²) in [7, 11) is 3.59. The van der Waals surface area contributed by atoms with Gasteiger partial charge in [-0.05, 0) is 38.2 Å². The van der Waals surface area contributed by atoms with Gasteiger partial charge in [0.1, 0.15) is 0 Å². The standard InChI is InChI=1S/C15H22S2/c1-5-8-10-12-14(4)16-17-15(11-7-3)13-9-6-2/h6-13H,5H2,1-4H3/b9-6-,10-8-,11-7-,14-12+,15-13+. The fraction of sp³-hybridized carbons (Fsp3) is 0.333. The van der Waals surface area contributed by atoms with Crippen molar-refractivity contribution >= 4 is 21.6 Å². The molecule has 0 saturated carbocycles. The van der Waals surface area contributed by atoms with Crippen molar-refractivity contribution in [3.05, 3.63) is 58.4 Å². The van der Waals surface area contributed by atoms with Gasteiger partial charge in [0.15, 0.2) is 0 Å². The molecule has 0 N–H and O–H groups in total. The van der Waals surface area contributed by atoms with E-state index in [1.807, 2.05) is 19.9 Å². The summed E-state index contributed by atoms with van der Waals surface area (Å²) in [6.07, 6.45) is 18.0. The molecule has 0 saturated heterocycles. The lowest BCUT2D eigenvalue weighted by atomic mass is 10.4. The number of hydrogen-bond acceptors (Lipinski definition) is 2. The van der Waals surface area contributed by atoms with Crippen LogP contribution >= 0.6 is 21.6 Å². The van der Waals surface area contributed by atoms with Crippen LogP contribution in [0.5, 0.6) is 0 Å². The molecule has 0 aromatic rings. The first-order chi connectivity index (χ1) is 8.24. The first-order valence-electron chi connectivity index (χ1n) is 5.88. The fourth-order valence-corrected chi connectivity index (χ4v) is 2.82. The molecule has 94 valence electrons. The molecular weight excluding hydrogens is 244 g/mol. The van der Waals surface area contributed by atoms with Gasteiger partial charge in [-0.15, -0.1) is 0 Å². The smallest absolute Gasteiger partial charge is 0.0182 e. The second-order valence-electron chi connectivity index (χ2n) is 3.38. The van der Waals surface area contributed by atoms with Gasteiger partial charge in [0.05, 0.1) is 0 Å². The minimum atomic E-state index is 1.09. The molecule has 0 aliphatic carbocycles. The van der Waals surface area contributed by atoms with E-state index in [1.165, 1.54) is 9.81 Å². The number of rotatable bonds is 7. The van der Waals surface area contributed by atoms with Gasteiger partial charge in [-0.3, -0.25) is 0 Å². The topological polar surface area (TPSA) is 0 Å². The Kier molecular flexibility index (Phi) is 11.5. The minimum Gasteiger partial charge on any atom is -0.0876 e. The molecule has 0 spiro atoms. The average molecular weight is 266 g/mol. The van der Waals surface area contributed by atoms with E-state index in [0.717, 1.165) is 6.42 Å². The minimum absolute atomic E-state index is 1.09. The highest BCUT2D eigenvalue weighted by Crippen LogP contribution is 2.36. The first-order valence-corrected chi connectivity index (χ1v) is 8.03. The van der Waals surface area contributed by atoms with Crippen LogP contribution in [0.1, 0.15) is 34.1 Å². The quantitative estimate of drug-likeness (QED) is 0.393. The Bertz CT molecular complexity index is 331. The van der Waals surface area contributed by atoms with Crippen LogP contribution in [0.25, 0.3) is 0 Å². The van der Waals surface area contributed by atoms with Gasteiger partial charge in [0.25, 0.3) is 0 Å². The molecule has 2 heteroatoms. The second-order valence-corrected chi connectivity index (χ2v) is 5.82. The molecule has 0 amide bonds. The predicted molar refractivity (Wildman–Crippen MR) is 86.1 cm³/mol. The molecule has 0 radical (unpaired) electrons. The summed E-state index contributed by atoms with van der Waals surface area (Å²) < 4.78 is 0. The van der Waals surface area contributed by atoms with Crippen LogP contribution in [0.2, 0.25) is 0 Å². The van der Waals surface area contributed by atoms with Crippen molar-refractivity contribution in [2.24, 2.45) is 0 Å². The zero-order valence-electron chi connectivity index (χ0n) is 11.1. The van der Waals surface area contributed by atoms with E-state index in [1.54, 1.807) is 21.6 Å². The van der Waals surface area contributed by atoms with Crippen molar-refractivity contribution in [1.29, 1.82) is 0 Å². The largest absolute Gasteiger partial charge is 0.0876 e. The molecule has 0 aliphatic rings. The van der Waals surface area contributed by atoms with E-state index < -0.39 is 0 Å². The molecule has 0 fully saturated rings.